The molecule has 0 aromatic heterocycles. The molecule has 0 aliphatic rings. The molecule has 0 saturated carbocycles. The molecule has 79 heavy (non-hydrogen) atoms. The maximum Gasteiger partial charge on any atom is 0.315 e. The third-order valence-corrected chi connectivity index (χ3v) is 11.1. The lowest BCUT2D eigenvalue weighted by Gasteiger charge is -2.25. The van der Waals surface area contributed by atoms with Crippen LogP contribution in [0.15, 0.2) is 78.9 Å². The standard InChI is InChI=1S/C30H47N9O6.C14H23N5O2.C8H17N3O2/c1-18(2)26(17-36-29(44)38-23(16-33-27(32)42)13-21-6-10-25(41)11-7-21)39-30(45)34-14-19(3)37-28(43)35-15-22(31)12-20-4-8-24(40)9-5-20;1-10(8-17-13(16)20)19-14(21)18-9-12(15)7-11-5-3-2-4-6-11;1-5(4-10-7(3)12)11-8(13)6(2)9/h4-11,18-19,22-23,26,40-41H,12-17,31H2,1-3H3,(H3,32,33,42)(H2,34,39,45)(H2,35,37,43)(H2,36,38,44);2-6,10,12H,7-9,15H2,1H3,(H3,16,17,20)(H2,18,19,21);5-6H,4,9H2,1-3H3,(H,10,12)(H,11,13)/t19-,22-,23-,26+;10-,12-;5-,6+/m000/s1. The average Bonchev–Trinajstić information content (AvgIpc) is 3.38. The summed E-state index contributed by atoms with van der Waals surface area (Å²) in [6.45, 7) is 13.8. The molecule has 27 nitrogen and oxygen atoms in total. The molecule has 0 fully saturated rings. The minimum absolute atomic E-state index is 0.0208. The fraction of sp³-hybridized carbons (Fsp3) is 0.500. The Hall–Kier alpha value is -8.30. The van der Waals surface area contributed by atoms with E-state index in [0.717, 1.165) is 16.7 Å². The van der Waals surface area contributed by atoms with Crippen LogP contribution in [-0.2, 0) is 28.9 Å². The van der Waals surface area contributed by atoms with Gasteiger partial charge in [-0.3, -0.25) is 9.59 Å². The van der Waals surface area contributed by atoms with Gasteiger partial charge in [0.1, 0.15) is 11.5 Å². The number of carbonyl (C=O) groups excluding carboxylic acids is 8. The number of primary amides is 2. The molecular formula is C52H87N17O10. The molecule has 0 spiro atoms. The highest BCUT2D eigenvalue weighted by Gasteiger charge is 2.20. The van der Waals surface area contributed by atoms with E-state index >= 15 is 0 Å². The zero-order valence-corrected chi connectivity index (χ0v) is 46.3. The molecule has 0 unspecified atom stereocenters. The third kappa shape index (κ3) is 35.6. The number of hydrogen-bond acceptors (Lipinski definition) is 13. The molecule has 8 atom stereocenters. The van der Waals surface area contributed by atoms with Crippen LogP contribution in [0.1, 0.15) is 65.2 Å². The lowest BCUT2D eigenvalue weighted by atomic mass is 10.0. The molecule has 440 valence electrons. The van der Waals surface area contributed by atoms with Gasteiger partial charge in [0.25, 0.3) is 0 Å². The van der Waals surface area contributed by atoms with Crippen LogP contribution in [0.3, 0.4) is 0 Å². The summed E-state index contributed by atoms with van der Waals surface area (Å²) in [5.41, 5.74) is 30.4. The summed E-state index contributed by atoms with van der Waals surface area (Å²) in [6, 6.07) is 17.4. The summed E-state index contributed by atoms with van der Waals surface area (Å²) >= 11 is 0. The van der Waals surface area contributed by atoms with Crippen LogP contribution < -0.4 is 92.5 Å². The van der Waals surface area contributed by atoms with Crippen LogP contribution >= 0.6 is 0 Å². The summed E-state index contributed by atoms with van der Waals surface area (Å²) in [4.78, 5) is 92.5. The highest BCUT2D eigenvalue weighted by molar-refractivity contribution is 5.81. The molecule has 0 radical (unpaired) electrons. The van der Waals surface area contributed by atoms with Gasteiger partial charge in [0.15, 0.2) is 0 Å². The van der Waals surface area contributed by atoms with Gasteiger partial charge in [-0.05, 0) is 93.8 Å². The van der Waals surface area contributed by atoms with Gasteiger partial charge in [-0.1, -0.05) is 68.4 Å². The summed E-state index contributed by atoms with van der Waals surface area (Å²) in [5.74, 6) is -0.0551. The van der Waals surface area contributed by atoms with Crippen molar-refractivity contribution in [3.8, 4) is 11.5 Å². The van der Waals surface area contributed by atoms with E-state index in [1.807, 2.05) is 44.2 Å². The number of phenolic OH excluding ortho intramolecular Hbond substituents is 2. The monoisotopic (exact) mass is 1110 g/mol. The first-order chi connectivity index (χ1) is 37.2. The minimum Gasteiger partial charge on any atom is -0.508 e. The molecule has 0 saturated heterocycles. The topological polar surface area (TPSA) is 451 Å². The first-order valence-corrected chi connectivity index (χ1v) is 25.9. The van der Waals surface area contributed by atoms with E-state index in [9.17, 15) is 48.6 Å². The van der Waals surface area contributed by atoms with E-state index in [0.29, 0.717) is 32.4 Å². The fourth-order valence-corrected chi connectivity index (χ4v) is 6.74. The second kappa shape index (κ2) is 38.3. The van der Waals surface area contributed by atoms with Crippen molar-refractivity contribution >= 4 is 48.0 Å². The molecule has 14 amide bonds. The number of urea groups is 6. The van der Waals surface area contributed by atoms with Crippen molar-refractivity contribution in [2.75, 3.05) is 45.8 Å². The van der Waals surface area contributed by atoms with Gasteiger partial charge in [0.05, 0.1) is 18.1 Å². The number of nitrogens with one attached hydrogen (secondary N) is 12. The largest absolute Gasteiger partial charge is 0.508 e. The second-order valence-electron chi connectivity index (χ2n) is 19.3. The Labute approximate surface area is 462 Å². The first-order valence-electron chi connectivity index (χ1n) is 25.9. The lowest BCUT2D eigenvalue weighted by Crippen LogP contribution is -2.55. The summed E-state index contributed by atoms with van der Waals surface area (Å²) in [5, 5.41) is 51.0. The zero-order chi connectivity index (χ0) is 59.5. The van der Waals surface area contributed by atoms with E-state index in [2.05, 4.69) is 63.8 Å². The van der Waals surface area contributed by atoms with E-state index < -0.39 is 48.3 Å². The maximum atomic E-state index is 12.7. The molecule has 24 N–H and O–H groups in total. The molecule has 27 heteroatoms. The molecule has 0 bridgehead atoms. The Kier molecular flexibility index (Phi) is 33.3. The van der Waals surface area contributed by atoms with Gasteiger partial charge in [0, 0.05) is 82.9 Å². The highest BCUT2D eigenvalue weighted by Crippen LogP contribution is 2.12. The van der Waals surface area contributed by atoms with Gasteiger partial charge in [0.2, 0.25) is 11.8 Å². The fourth-order valence-electron chi connectivity index (χ4n) is 6.74. The van der Waals surface area contributed by atoms with Crippen molar-refractivity contribution in [1.82, 2.24) is 63.8 Å². The van der Waals surface area contributed by atoms with E-state index in [1.165, 1.54) is 19.1 Å². The van der Waals surface area contributed by atoms with Crippen molar-refractivity contribution in [3.05, 3.63) is 95.6 Å². The van der Waals surface area contributed by atoms with E-state index in [4.69, 9.17) is 28.7 Å². The van der Waals surface area contributed by atoms with Gasteiger partial charge < -0.3 is 103 Å². The number of aromatic hydroxyl groups is 2. The van der Waals surface area contributed by atoms with Crippen molar-refractivity contribution in [3.63, 3.8) is 0 Å². The molecule has 0 aliphatic carbocycles. The number of carbonyl (C=O) groups is 8. The first kappa shape index (κ1) is 68.7. The van der Waals surface area contributed by atoms with Crippen molar-refractivity contribution in [2.24, 2.45) is 34.6 Å². The van der Waals surface area contributed by atoms with Gasteiger partial charge in [-0.25, -0.2) is 28.8 Å². The summed E-state index contributed by atoms with van der Waals surface area (Å²) < 4.78 is 0. The van der Waals surface area contributed by atoms with Gasteiger partial charge in [-0.2, -0.15) is 0 Å². The quantitative estimate of drug-likeness (QED) is 0.0456. The van der Waals surface area contributed by atoms with Gasteiger partial charge >= 0.3 is 36.2 Å². The number of benzene rings is 3. The van der Waals surface area contributed by atoms with Crippen LogP contribution in [0, 0.1) is 5.92 Å². The van der Waals surface area contributed by atoms with Crippen molar-refractivity contribution < 1.29 is 48.6 Å². The normalized spacial score (nSPS) is 13.5. The van der Waals surface area contributed by atoms with Gasteiger partial charge in [-0.15, -0.1) is 0 Å². The molecular weight excluding hydrogens is 1020 g/mol. The average molecular weight is 1110 g/mol. The Morgan fingerprint density at radius 2 is 0.810 bits per heavy atom. The molecule has 0 heterocycles. The Bertz CT molecular complexity index is 2300. The highest BCUT2D eigenvalue weighted by atomic mass is 16.3. The van der Waals surface area contributed by atoms with Crippen LogP contribution in [0.2, 0.25) is 0 Å². The Morgan fingerprint density at radius 1 is 0.430 bits per heavy atom. The van der Waals surface area contributed by atoms with Crippen LogP contribution in [0.4, 0.5) is 28.8 Å². The van der Waals surface area contributed by atoms with E-state index in [-0.39, 0.29) is 98.2 Å². The molecule has 3 rings (SSSR count). The Balaban J connectivity index is 0.000000749. The molecule has 3 aromatic rings. The SMILES string of the molecule is CC(=O)NC[C@H](C)NC(=O)[C@@H](C)N.CC(C)[C@@H](CNC(=O)N[C@H](CNC(N)=O)Cc1ccc(O)cc1)NC(=O)NC[C@H](C)NC(=O)NC[C@@H](N)Cc1ccc(O)cc1.C[C@@H](CNC(N)=O)NC(=O)NC[C@@H](N)Cc1ccccc1. The smallest absolute Gasteiger partial charge is 0.315 e. The predicted molar refractivity (Wildman–Crippen MR) is 302 cm³/mol. The molecule has 3 aromatic carbocycles. The van der Waals surface area contributed by atoms with E-state index in [1.54, 1.807) is 64.1 Å². The number of hydrogen-bond donors (Lipinski definition) is 19. The van der Waals surface area contributed by atoms with Crippen molar-refractivity contribution in [1.29, 1.82) is 0 Å². The summed E-state index contributed by atoms with van der Waals surface area (Å²) in [6.07, 6.45) is 1.59. The molecule has 0 aliphatic heterocycles. The number of nitrogens with two attached hydrogens (primary N) is 5. The lowest BCUT2D eigenvalue weighted by molar-refractivity contribution is -0.123. The second-order valence-corrected chi connectivity index (χ2v) is 19.3. The Morgan fingerprint density at radius 3 is 1.27 bits per heavy atom. The third-order valence-electron chi connectivity index (χ3n) is 11.1. The number of phenols is 2. The van der Waals surface area contributed by atoms with Crippen LogP contribution in [0.25, 0.3) is 0 Å². The zero-order valence-electron chi connectivity index (χ0n) is 46.3. The maximum absolute atomic E-state index is 12.7. The number of rotatable bonds is 27. The number of amides is 14. The summed E-state index contributed by atoms with van der Waals surface area (Å²) in [7, 11) is 0. The van der Waals surface area contributed by atoms with Crippen LogP contribution in [-0.4, -0.2) is 152 Å². The van der Waals surface area contributed by atoms with Crippen molar-refractivity contribution in [2.45, 2.75) is 116 Å². The minimum atomic E-state index is -0.723. The predicted octanol–water partition coefficient (Wildman–Crippen LogP) is -0.555. The van der Waals surface area contributed by atoms with Crippen LogP contribution in [0.5, 0.6) is 11.5 Å².